The Morgan fingerprint density at radius 1 is 0.364 bits per heavy atom. The van der Waals surface area contributed by atoms with Crippen molar-refractivity contribution >= 4 is 110 Å². The highest BCUT2D eigenvalue weighted by Crippen LogP contribution is 2.43. The smallest absolute Gasteiger partial charge is 0.266 e. The van der Waals surface area contributed by atoms with Crippen LogP contribution in [0.2, 0.25) is 10.0 Å². The molecule has 0 aromatic heterocycles. The lowest BCUT2D eigenvalue weighted by atomic mass is 9.89. The van der Waals surface area contributed by atoms with E-state index in [-0.39, 0.29) is 107 Å². The van der Waals surface area contributed by atoms with Crippen molar-refractivity contribution in [2.45, 2.75) is 173 Å². The molecule has 21 rings (SSSR count). The van der Waals surface area contributed by atoms with E-state index >= 15 is 0 Å². The summed E-state index contributed by atoms with van der Waals surface area (Å²) in [6, 6.07) is 72.0. The van der Waals surface area contributed by atoms with Gasteiger partial charge in [0.15, 0.2) is 17.3 Å². The second-order valence-electron chi connectivity index (χ2n) is 35.6. The summed E-state index contributed by atoms with van der Waals surface area (Å²) in [7, 11) is 0. The molecule has 27 heteroatoms. The Labute approximate surface area is 820 Å². The number of hydrogen-bond acceptors (Lipinski definition) is 18. The highest BCUT2D eigenvalue weighted by atomic mass is 35.5. The zero-order valence-corrected chi connectivity index (χ0v) is 77.9. The minimum atomic E-state index is -0.836. The number of Topliss-reactive ketones (excluding diaryl/α,β-unsaturated/α-hetero) is 4. The molecule has 11 aromatic rings. The Morgan fingerprint density at radius 3 is 1.28 bits per heavy atom. The number of benzene rings is 11. The van der Waals surface area contributed by atoms with Gasteiger partial charge in [-0.15, -0.1) is 0 Å². The van der Waals surface area contributed by atoms with E-state index in [0.717, 1.165) is 72.7 Å². The first-order chi connectivity index (χ1) is 67.2. The lowest BCUT2D eigenvalue weighted by Crippen LogP contribution is -2.51. The van der Waals surface area contributed by atoms with Gasteiger partial charge in [-0.2, -0.15) is 0 Å². The summed E-state index contributed by atoms with van der Waals surface area (Å²) >= 11 is 12.0. The number of piperidine rings is 2. The molecule has 2 saturated heterocycles. The third kappa shape index (κ3) is 21.1. The number of carbonyl (C=O) groups is 13. The second kappa shape index (κ2) is 43.1. The average Bonchev–Trinajstić information content (AvgIpc) is 1.61. The number of fused-ring (bicyclic) bond motifs is 6. The van der Waals surface area contributed by atoms with Crippen LogP contribution in [0.1, 0.15) is 215 Å². The van der Waals surface area contributed by atoms with E-state index in [9.17, 15) is 62.3 Å². The number of ketones is 4. The van der Waals surface area contributed by atoms with Gasteiger partial charge in [0, 0.05) is 70.5 Å². The maximum atomic E-state index is 13.1. The van der Waals surface area contributed by atoms with Crippen LogP contribution in [-0.2, 0) is 68.0 Å². The van der Waals surface area contributed by atoms with E-state index in [1.165, 1.54) is 10.8 Å². The summed E-state index contributed by atoms with van der Waals surface area (Å²) in [5.74, 6) is 0.176. The molecule has 6 unspecified atom stereocenters. The lowest BCUT2D eigenvalue weighted by Gasteiger charge is -2.30. The van der Waals surface area contributed by atoms with Gasteiger partial charge in [-0.05, 0) is 189 Å². The molecule has 0 bridgehead atoms. The van der Waals surface area contributed by atoms with Crippen LogP contribution in [0, 0.1) is 0 Å². The minimum absolute atomic E-state index is 0. The monoisotopic (exact) mass is 1920 g/mol. The van der Waals surface area contributed by atoms with Crippen molar-refractivity contribution in [3.05, 3.63) is 379 Å². The third-order valence-corrected chi connectivity index (χ3v) is 27.0. The maximum absolute atomic E-state index is 13.1. The number of hydrogen-bond donors (Lipinski definition) is 2. The zero-order valence-electron chi connectivity index (χ0n) is 76.4. The number of carbonyl (C=O) groups excluding carboxylic acids is 13. The molecule has 3 saturated carbocycles. The lowest BCUT2D eigenvalue weighted by molar-refractivity contribution is -0.133. The van der Waals surface area contributed by atoms with E-state index in [1.807, 2.05) is 134 Å². The SMILES string of the molecule is C.C=C1CCC(N2C(=O)c3cccc(OCCc4ccccc4)c3C2=O)C(=O)N1.C=C1CCC(N2C(=O)c3cccc(Oc4ccccc4)c3C2=O)C(=O)N1.C=C1CCC(N2Cc3c(OC(C)c4ccc5ccccc5c4)cccc3C2=O)C(=O)C1.C=C1CCC(N2Cc3c(OCc4ccc(Cl)c(Cl)c4)cccc3C2=O)C(=O)C1.O=C1CCC(N2Cc3c(OCc4ccccc4)cccc3C2=O)C(=O)C1. The molecule has 140 heavy (non-hydrogen) atoms. The fourth-order valence-electron chi connectivity index (χ4n) is 19.0. The van der Waals surface area contributed by atoms with Crippen LogP contribution in [0.15, 0.2) is 292 Å². The van der Waals surface area contributed by atoms with Crippen LogP contribution in [0.25, 0.3) is 10.8 Å². The van der Waals surface area contributed by atoms with Crippen molar-refractivity contribution in [1.82, 2.24) is 35.1 Å². The Balaban J connectivity index is 0.000000126. The Hall–Kier alpha value is -15.5. The predicted octanol–water partition coefficient (Wildman–Crippen LogP) is 19.9. The van der Waals surface area contributed by atoms with Crippen LogP contribution in [-0.4, -0.2) is 138 Å². The highest BCUT2D eigenvalue weighted by molar-refractivity contribution is 6.42. The molecule has 9 amide bonds. The molecule has 712 valence electrons. The van der Waals surface area contributed by atoms with Crippen LogP contribution >= 0.6 is 23.2 Å². The summed E-state index contributed by atoms with van der Waals surface area (Å²) in [6.07, 6.45) is 6.59. The largest absolute Gasteiger partial charge is 0.492 e. The Bertz CT molecular complexity index is 6860. The molecular formula is C113H103Cl2N7O18. The van der Waals surface area contributed by atoms with Crippen molar-refractivity contribution in [2.75, 3.05) is 6.61 Å². The molecule has 5 fully saturated rings. The summed E-state index contributed by atoms with van der Waals surface area (Å²) in [5, 5.41) is 8.58. The molecule has 25 nitrogen and oxygen atoms in total. The number of allylic oxidation sites excluding steroid dienone is 4. The van der Waals surface area contributed by atoms with E-state index < -0.39 is 41.8 Å². The second-order valence-corrected chi connectivity index (χ2v) is 36.4. The van der Waals surface area contributed by atoms with Crippen LogP contribution in [0.5, 0.6) is 34.5 Å². The average molecular weight is 1920 g/mol. The summed E-state index contributed by atoms with van der Waals surface area (Å²) in [4.78, 5) is 171. The Morgan fingerprint density at radius 2 is 0.786 bits per heavy atom. The maximum Gasteiger partial charge on any atom is 0.266 e. The molecular weight excluding hydrogens is 1810 g/mol. The number of imide groups is 2. The van der Waals surface area contributed by atoms with Gasteiger partial charge in [-0.25, -0.2) is 0 Å². The molecule has 7 aliphatic heterocycles. The number of rotatable bonds is 20. The topological polar surface area (TPSA) is 308 Å². The van der Waals surface area contributed by atoms with Crippen molar-refractivity contribution < 1.29 is 86.0 Å². The number of para-hydroxylation sites is 1. The van der Waals surface area contributed by atoms with Gasteiger partial charge in [-0.1, -0.05) is 220 Å². The number of ether oxygens (including phenoxy) is 5. The minimum Gasteiger partial charge on any atom is -0.492 e. The van der Waals surface area contributed by atoms with Crippen molar-refractivity contribution in [3.63, 3.8) is 0 Å². The Kier molecular flexibility index (Phi) is 30.0. The molecule has 7 heterocycles. The summed E-state index contributed by atoms with van der Waals surface area (Å²) in [5.41, 5.74) is 12.5. The van der Waals surface area contributed by atoms with Crippen molar-refractivity contribution in [3.8, 4) is 34.5 Å². The van der Waals surface area contributed by atoms with Crippen LogP contribution < -0.4 is 34.3 Å². The summed E-state index contributed by atoms with van der Waals surface area (Å²) in [6.45, 7) is 19.6. The zero-order chi connectivity index (χ0) is 97.4. The van der Waals surface area contributed by atoms with Crippen LogP contribution in [0.3, 0.4) is 0 Å². The van der Waals surface area contributed by atoms with E-state index in [2.05, 4.69) is 67.3 Å². The van der Waals surface area contributed by atoms with Gasteiger partial charge in [0.2, 0.25) is 11.8 Å². The summed E-state index contributed by atoms with van der Waals surface area (Å²) < 4.78 is 29.9. The number of amides is 9. The van der Waals surface area contributed by atoms with Crippen molar-refractivity contribution in [2.24, 2.45) is 0 Å². The van der Waals surface area contributed by atoms with Gasteiger partial charge in [0.1, 0.15) is 71.7 Å². The van der Waals surface area contributed by atoms with E-state index in [0.29, 0.717) is 183 Å². The van der Waals surface area contributed by atoms with Gasteiger partial charge in [0.05, 0.1) is 83.1 Å². The number of nitrogens with zero attached hydrogens (tertiary/aromatic N) is 5. The first-order valence-electron chi connectivity index (χ1n) is 46.2. The van der Waals surface area contributed by atoms with Gasteiger partial charge in [0.25, 0.3) is 41.4 Å². The van der Waals surface area contributed by atoms with E-state index in [4.69, 9.17) is 46.9 Å². The normalized spacial score (nSPS) is 19.2. The van der Waals surface area contributed by atoms with Crippen molar-refractivity contribution in [1.29, 1.82) is 0 Å². The fourth-order valence-corrected chi connectivity index (χ4v) is 19.3. The predicted molar refractivity (Wildman–Crippen MR) is 528 cm³/mol. The third-order valence-electron chi connectivity index (χ3n) is 26.3. The molecule has 10 aliphatic rings. The van der Waals surface area contributed by atoms with E-state index in [1.54, 1.807) is 99.6 Å². The fraction of sp³-hybridized carbons (Fsp3) is 0.248. The van der Waals surface area contributed by atoms with Gasteiger partial charge >= 0.3 is 0 Å². The van der Waals surface area contributed by atoms with Crippen LogP contribution in [0.4, 0.5) is 0 Å². The molecule has 11 aromatic carbocycles. The first kappa shape index (κ1) is 97.6. The van der Waals surface area contributed by atoms with Gasteiger partial charge in [-0.3, -0.25) is 72.1 Å². The molecule has 0 spiro atoms. The number of nitrogens with one attached hydrogen (secondary N) is 2. The molecule has 0 radical (unpaired) electrons. The molecule has 3 aliphatic carbocycles. The molecule has 6 atom stereocenters. The first-order valence-corrected chi connectivity index (χ1v) is 46.9. The molecule has 2 N–H and O–H groups in total. The quantitative estimate of drug-likeness (QED) is 0.0407. The standard InChI is InChI=1S/C27H25NO3.C22H19Cl2NO3.C22H20N2O4.C21H19NO4.C20H16N2O4.CH4/c1-17-10-13-24(25(29)14-17)28-16-23-22(27(28)30)8-5-9-26(23)31-18(2)20-12-11-19-6-3-4-7-21(19)15-20;1-13-5-8-19(20(26)9-13)25-11-16-15(22(25)27)3-2-4-21(16)28-12-14-6-7-17(23)18(24)10-14;1-14-10-11-17(20(25)23-14)24-21(26)16-8-5-9-18(19(16)22(24)27)28-13-12-15-6-3-2-4-7-15;23-15-9-10-18(19(24)11-15)22-12-17-16(21(22)25)7-4-8-20(17)26-13-14-5-2-1-3-6-14;1-12-10-11-15(18(23)21-12)22-19(24)14-8-5-9-16(17(14)20(22)25)26-13-6-3-2-4-7-13;/h3-9,11-12,15,18,24H,1,10,13-14,16H2,2H3;2-4,6-7,10,19H,1,5,8-9,11-12H2;2-9,17H,1,10-13H2,(H,23,25);1-8,18H,9-13H2;2-9,15H,1,10-11H2,(H,21,23);1H4. The highest BCUT2D eigenvalue weighted by Gasteiger charge is 2.49. The number of halogens is 2. The van der Waals surface area contributed by atoms with Gasteiger partial charge < -0.3 is 49.0 Å².